The van der Waals surface area contributed by atoms with Crippen LogP contribution in [0.5, 0.6) is 0 Å². The first-order valence-corrected chi connectivity index (χ1v) is 5.17. The zero-order valence-electron chi connectivity index (χ0n) is 8.02. The smallest absolute Gasteiger partial charge is 0.244 e. The predicted octanol–water partition coefficient (Wildman–Crippen LogP) is 1.35. The zero-order valence-corrected chi connectivity index (χ0v) is 8.83. The Morgan fingerprint density at radius 3 is 2.62 bits per heavy atom. The zero-order chi connectivity index (χ0) is 11.9. The minimum absolute atomic E-state index is 0.423. The third-order valence-corrected chi connectivity index (χ3v) is 2.90. The number of benzene rings is 1. The number of halogens is 2. The van der Waals surface area contributed by atoms with Gasteiger partial charge in [-0.05, 0) is 12.1 Å². The summed E-state index contributed by atoms with van der Waals surface area (Å²) >= 11 is -2.19. The first-order chi connectivity index (χ1) is 7.50. The van der Waals surface area contributed by atoms with Crippen LogP contribution < -0.4 is 4.31 Å². The van der Waals surface area contributed by atoms with Gasteiger partial charge in [0.2, 0.25) is 0 Å². The Balaban J connectivity index is 2.48. The number of hydrogen-bond acceptors (Lipinski definition) is 3. The summed E-state index contributed by atoms with van der Waals surface area (Å²) < 4.78 is 42.6. The quantitative estimate of drug-likeness (QED) is 0.753. The first-order valence-electron chi connectivity index (χ1n) is 4.14. The molecule has 2 rings (SSSR count). The molecule has 5 nitrogen and oxygen atoms in total. The lowest BCUT2D eigenvalue weighted by molar-refractivity contribution is 0.0485. The molecule has 1 fully saturated rings. The Morgan fingerprint density at radius 1 is 1.38 bits per heavy atom. The van der Waals surface area contributed by atoms with Crippen LogP contribution in [0.25, 0.3) is 0 Å². The van der Waals surface area contributed by atoms with Crippen molar-refractivity contribution in [2.24, 2.45) is 0 Å². The van der Waals surface area contributed by atoms with Crippen molar-refractivity contribution in [1.29, 1.82) is 0 Å². The molecule has 1 aromatic rings. The van der Waals surface area contributed by atoms with Crippen LogP contribution in [0.4, 0.5) is 19.3 Å². The molecule has 0 spiro atoms. The minimum Gasteiger partial charge on any atom is -0.244 e. The standard InChI is InChI=1S/C8H6F2N2O3S/c1-11-8(13)12(16(14)15-11)7-4-5(9)2-3-6(7)10/h2-4H,1H3. The van der Waals surface area contributed by atoms with Crippen LogP contribution in [0.3, 0.4) is 0 Å². The van der Waals surface area contributed by atoms with Crippen molar-refractivity contribution < 1.29 is 22.1 Å². The fourth-order valence-corrected chi connectivity index (χ4v) is 2.04. The van der Waals surface area contributed by atoms with Crippen LogP contribution in [-0.4, -0.2) is 22.4 Å². The molecule has 1 atom stereocenters. The summed E-state index contributed by atoms with van der Waals surface area (Å²) in [5.41, 5.74) is -0.423. The molecular formula is C8H6F2N2O3S. The van der Waals surface area contributed by atoms with Crippen molar-refractivity contribution in [3.05, 3.63) is 29.8 Å². The minimum atomic E-state index is -2.19. The van der Waals surface area contributed by atoms with Gasteiger partial charge < -0.3 is 0 Å². The molecule has 0 saturated carbocycles. The molecule has 1 aliphatic rings. The molecule has 1 heterocycles. The summed E-state index contributed by atoms with van der Waals surface area (Å²) in [6, 6.07) is 1.68. The Bertz CT molecular complexity index is 482. The molecule has 0 aliphatic carbocycles. The first kappa shape index (κ1) is 11.0. The second kappa shape index (κ2) is 3.80. The number of rotatable bonds is 1. The van der Waals surface area contributed by atoms with Crippen molar-refractivity contribution in [2.75, 3.05) is 11.4 Å². The van der Waals surface area contributed by atoms with Gasteiger partial charge in [-0.15, -0.1) is 4.28 Å². The number of carbonyl (C=O) groups is 1. The second-order valence-electron chi connectivity index (χ2n) is 2.96. The molecule has 1 unspecified atom stereocenters. The van der Waals surface area contributed by atoms with Crippen molar-refractivity contribution in [3.63, 3.8) is 0 Å². The molecular weight excluding hydrogens is 242 g/mol. The highest BCUT2D eigenvalue weighted by molar-refractivity contribution is 7.83. The molecule has 16 heavy (non-hydrogen) atoms. The van der Waals surface area contributed by atoms with E-state index in [1.54, 1.807) is 0 Å². The third-order valence-electron chi connectivity index (χ3n) is 1.89. The van der Waals surface area contributed by atoms with Gasteiger partial charge in [-0.3, -0.25) is 0 Å². The number of carbonyl (C=O) groups excluding carboxylic acids is 1. The maximum Gasteiger partial charge on any atom is 0.363 e. The van der Waals surface area contributed by atoms with Crippen molar-refractivity contribution >= 4 is 23.0 Å². The Kier molecular flexibility index (Phi) is 2.60. The highest BCUT2D eigenvalue weighted by atomic mass is 32.2. The van der Waals surface area contributed by atoms with Gasteiger partial charge in [-0.25, -0.2) is 17.8 Å². The van der Waals surface area contributed by atoms with E-state index in [4.69, 9.17) is 0 Å². The highest BCUT2D eigenvalue weighted by Crippen LogP contribution is 2.27. The van der Waals surface area contributed by atoms with Gasteiger partial charge in [0.25, 0.3) is 11.3 Å². The maximum atomic E-state index is 13.3. The van der Waals surface area contributed by atoms with Crippen LogP contribution in [0.15, 0.2) is 18.2 Å². The molecule has 0 radical (unpaired) electrons. The van der Waals surface area contributed by atoms with Crippen LogP contribution in [0, 0.1) is 11.6 Å². The molecule has 0 aromatic heterocycles. The molecule has 1 aliphatic heterocycles. The Hall–Kier alpha value is -1.54. The van der Waals surface area contributed by atoms with Gasteiger partial charge in [0, 0.05) is 13.1 Å². The van der Waals surface area contributed by atoms with Gasteiger partial charge in [-0.1, -0.05) is 0 Å². The van der Waals surface area contributed by atoms with E-state index in [1.807, 2.05) is 0 Å². The molecule has 0 N–H and O–H groups in total. The third kappa shape index (κ3) is 1.65. The van der Waals surface area contributed by atoms with Gasteiger partial charge >= 0.3 is 6.03 Å². The van der Waals surface area contributed by atoms with E-state index in [2.05, 4.69) is 4.28 Å². The van der Waals surface area contributed by atoms with E-state index < -0.39 is 34.6 Å². The van der Waals surface area contributed by atoms with E-state index in [-0.39, 0.29) is 0 Å². The summed E-state index contributed by atoms with van der Waals surface area (Å²) in [7, 11) is 1.22. The number of anilines is 1. The Labute approximate surface area is 92.0 Å². The lowest BCUT2D eigenvalue weighted by Gasteiger charge is -2.11. The maximum absolute atomic E-state index is 13.3. The fraction of sp³-hybridized carbons (Fsp3) is 0.125. The van der Waals surface area contributed by atoms with Crippen molar-refractivity contribution in [3.8, 4) is 0 Å². The lowest BCUT2D eigenvalue weighted by Crippen LogP contribution is -2.30. The Morgan fingerprint density at radius 2 is 2.06 bits per heavy atom. The van der Waals surface area contributed by atoms with Crippen LogP contribution in [-0.2, 0) is 15.6 Å². The molecule has 86 valence electrons. The normalized spacial score (nSPS) is 20.7. The molecule has 1 aromatic carbocycles. The number of nitrogens with zero attached hydrogens (tertiary/aromatic N) is 2. The summed E-state index contributed by atoms with van der Waals surface area (Å²) in [6.45, 7) is 0. The summed E-state index contributed by atoms with van der Waals surface area (Å²) in [5.74, 6) is -1.60. The molecule has 0 bridgehead atoms. The van der Waals surface area contributed by atoms with Crippen LogP contribution in [0.1, 0.15) is 0 Å². The molecule has 1 saturated heterocycles. The van der Waals surface area contributed by atoms with Gasteiger partial charge in [0.05, 0.1) is 0 Å². The van der Waals surface area contributed by atoms with Crippen molar-refractivity contribution in [2.45, 2.75) is 0 Å². The summed E-state index contributed by atoms with van der Waals surface area (Å²) in [6.07, 6.45) is 0. The van der Waals surface area contributed by atoms with Crippen LogP contribution >= 0.6 is 0 Å². The average molecular weight is 248 g/mol. The van der Waals surface area contributed by atoms with E-state index >= 15 is 0 Å². The van der Waals surface area contributed by atoms with E-state index in [9.17, 15) is 17.8 Å². The number of hydrogen-bond donors (Lipinski definition) is 0. The number of amides is 2. The van der Waals surface area contributed by atoms with E-state index in [1.165, 1.54) is 7.05 Å². The fourth-order valence-electron chi connectivity index (χ4n) is 1.18. The van der Waals surface area contributed by atoms with Crippen LogP contribution in [0.2, 0.25) is 0 Å². The van der Waals surface area contributed by atoms with Gasteiger partial charge in [0.1, 0.15) is 17.3 Å². The monoisotopic (exact) mass is 248 g/mol. The molecule has 2 amide bonds. The number of urea groups is 1. The lowest BCUT2D eigenvalue weighted by atomic mass is 10.3. The second-order valence-corrected chi connectivity index (χ2v) is 3.91. The van der Waals surface area contributed by atoms with E-state index in [0.717, 1.165) is 18.2 Å². The molecule has 8 heteroatoms. The van der Waals surface area contributed by atoms with Gasteiger partial charge in [-0.2, -0.15) is 9.37 Å². The van der Waals surface area contributed by atoms with E-state index in [0.29, 0.717) is 9.37 Å². The largest absolute Gasteiger partial charge is 0.363 e. The summed E-state index contributed by atoms with van der Waals surface area (Å²) in [4.78, 5) is 11.4. The average Bonchev–Trinajstić information content (AvgIpc) is 2.46. The summed E-state index contributed by atoms with van der Waals surface area (Å²) in [5, 5.41) is 0.681. The van der Waals surface area contributed by atoms with Crippen molar-refractivity contribution in [1.82, 2.24) is 5.06 Å². The number of hydroxylamine groups is 2. The highest BCUT2D eigenvalue weighted by Gasteiger charge is 2.37. The van der Waals surface area contributed by atoms with Gasteiger partial charge in [0.15, 0.2) is 0 Å². The SMILES string of the molecule is CN1OS(=O)N(c2cc(F)ccc2F)C1=O. The topological polar surface area (TPSA) is 49.9 Å². The predicted molar refractivity (Wildman–Crippen MR) is 51.2 cm³/mol.